The summed E-state index contributed by atoms with van der Waals surface area (Å²) in [5.74, 6) is -0.506. The summed E-state index contributed by atoms with van der Waals surface area (Å²) in [5, 5.41) is 0. The summed E-state index contributed by atoms with van der Waals surface area (Å²) in [4.78, 5) is 49.4. The van der Waals surface area contributed by atoms with Crippen LogP contribution < -0.4 is 5.56 Å². The number of nitrogens with one attached hydrogen (secondary N) is 1. The average molecular weight is 384 g/mol. The van der Waals surface area contributed by atoms with Crippen LogP contribution in [0.4, 0.5) is 0 Å². The van der Waals surface area contributed by atoms with E-state index in [1.807, 2.05) is 30.9 Å². The van der Waals surface area contributed by atoms with E-state index in [1.165, 1.54) is 0 Å². The van der Waals surface area contributed by atoms with Crippen molar-refractivity contribution in [2.45, 2.75) is 51.5 Å². The Labute approximate surface area is 162 Å². The summed E-state index contributed by atoms with van der Waals surface area (Å²) in [6.07, 6.45) is 4.02. The van der Waals surface area contributed by atoms with Crippen molar-refractivity contribution in [2.24, 2.45) is 11.8 Å². The van der Waals surface area contributed by atoms with Gasteiger partial charge in [0, 0.05) is 18.2 Å². The van der Waals surface area contributed by atoms with Crippen LogP contribution in [0.25, 0.3) is 0 Å². The molecule has 8 heteroatoms. The van der Waals surface area contributed by atoms with Crippen molar-refractivity contribution >= 4 is 11.8 Å². The Bertz CT molecular complexity index is 967. The van der Waals surface area contributed by atoms with Gasteiger partial charge in [0.15, 0.2) is 0 Å². The maximum absolute atomic E-state index is 13.5. The van der Waals surface area contributed by atoms with Gasteiger partial charge in [-0.25, -0.2) is 4.98 Å². The first-order chi connectivity index (χ1) is 13.3. The second-order valence-electron chi connectivity index (χ2n) is 8.55. The minimum Gasteiger partial charge on any atom is -0.360 e. The molecule has 0 saturated carbocycles. The van der Waals surface area contributed by atoms with E-state index < -0.39 is 17.4 Å². The van der Waals surface area contributed by atoms with Crippen molar-refractivity contribution < 1.29 is 14.3 Å². The van der Waals surface area contributed by atoms with Crippen LogP contribution in [0.5, 0.6) is 0 Å². The molecule has 2 bridgehead atoms. The minimum atomic E-state index is -0.675. The number of hydrogen-bond acceptors (Lipinski definition) is 5. The number of carbonyl (C=O) groups excluding carboxylic acids is 2. The Morgan fingerprint density at radius 3 is 2.93 bits per heavy atom. The van der Waals surface area contributed by atoms with E-state index in [0.717, 1.165) is 0 Å². The Hall–Kier alpha value is -2.48. The van der Waals surface area contributed by atoms with E-state index in [-0.39, 0.29) is 29.5 Å². The SMILES string of the molecule is Cc1nc2c(c(=O)[nH]1)CCN(C(=O)C1C3C=CC4(CN(C(C)C)C(=O)C14)O3)C2. The lowest BCUT2D eigenvalue weighted by Crippen LogP contribution is -2.48. The van der Waals surface area contributed by atoms with Crippen molar-refractivity contribution in [3.05, 3.63) is 39.6 Å². The maximum atomic E-state index is 13.5. The van der Waals surface area contributed by atoms with E-state index in [2.05, 4.69) is 9.97 Å². The zero-order valence-corrected chi connectivity index (χ0v) is 16.3. The van der Waals surface area contributed by atoms with Crippen molar-refractivity contribution in [2.75, 3.05) is 13.1 Å². The van der Waals surface area contributed by atoms with Crippen LogP contribution >= 0.6 is 0 Å². The molecule has 0 aliphatic carbocycles. The number of aryl methyl sites for hydroxylation is 1. The Balaban J connectivity index is 1.44. The van der Waals surface area contributed by atoms with Crippen LogP contribution in [0, 0.1) is 18.8 Å². The molecule has 8 nitrogen and oxygen atoms in total. The van der Waals surface area contributed by atoms with Gasteiger partial charge in [0.2, 0.25) is 11.8 Å². The first-order valence-corrected chi connectivity index (χ1v) is 9.86. The molecule has 0 radical (unpaired) electrons. The highest BCUT2D eigenvalue weighted by Gasteiger charge is 2.67. The normalized spacial score (nSPS) is 33.0. The molecule has 1 aromatic heterocycles. The zero-order chi connectivity index (χ0) is 19.8. The number of carbonyl (C=O) groups is 2. The van der Waals surface area contributed by atoms with Crippen molar-refractivity contribution in [1.82, 2.24) is 19.8 Å². The van der Waals surface area contributed by atoms with Crippen molar-refractivity contribution in [3.63, 3.8) is 0 Å². The van der Waals surface area contributed by atoms with Crippen molar-refractivity contribution in [1.29, 1.82) is 0 Å². The standard InChI is InChI=1S/C20H24N4O4/c1-10(2)24-9-20-6-4-14(28-20)15(16(20)19(24)27)18(26)23-7-5-12-13(8-23)21-11(3)22-17(12)25/h4,6,10,14-16H,5,7-9H2,1-3H3,(H,21,22,25). The van der Waals surface area contributed by atoms with Gasteiger partial charge in [0.1, 0.15) is 11.4 Å². The van der Waals surface area contributed by atoms with Crippen LogP contribution in [-0.4, -0.2) is 62.4 Å². The highest BCUT2D eigenvalue weighted by molar-refractivity contribution is 5.93. The number of H-pyrrole nitrogens is 1. The lowest BCUT2D eigenvalue weighted by atomic mass is 9.76. The molecule has 5 rings (SSSR count). The minimum absolute atomic E-state index is 0.00280. The van der Waals surface area contributed by atoms with Gasteiger partial charge in [-0.3, -0.25) is 14.4 Å². The number of ether oxygens (including phenoxy) is 1. The molecular weight excluding hydrogens is 360 g/mol. The van der Waals surface area contributed by atoms with Crippen LogP contribution in [0.15, 0.2) is 16.9 Å². The number of aromatic nitrogens is 2. The molecule has 4 aliphatic heterocycles. The molecule has 1 aromatic rings. The fourth-order valence-electron chi connectivity index (χ4n) is 5.21. The van der Waals surface area contributed by atoms with E-state index >= 15 is 0 Å². The maximum Gasteiger partial charge on any atom is 0.254 e. The van der Waals surface area contributed by atoms with Gasteiger partial charge in [0.25, 0.3) is 5.56 Å². The Kier molecular flexibility index (Phi) is 3.62. The van der Waals surface area contributed by atoms with Crippen LogP contribution in [-0.2, 0) is 27.3 Å². The van der Waals surface area contributed by atoms with Crippen molar-refractivity contribution in [3.8, 4) is 0 Å². The number of fused-ring (bicyclic) bond motifs is 2. The monoisotopic (exact) mass is 384 g/mol. The number of hydrogen-bond donors (Lipinski definition) is 1. The fraction of sp³-hybridized carbons (Fsp3) is 0.600. The summed E-state index contributed by atoms with van der Waals surface area (Å²) in [7, 11) is 0. The van der Waals surface area contributed by atoms with Gasteiger partial charge in [0.05, 0.1) is 36.7 Å². The zero-order valence-electron chi connectivity index (χ0n) is 16.3. The van der Waals surface area contributed by atoms with Gasteiger partial charge in [-0.1, -0.05) is 12.2 Å². The molecule has 28 heavy (non-hydrogen) atoms. The first kappa shape index (κ1) is 17.6. The summed E-state index contributed by atoms with van der Waals surface area (Å²) in [6, 6.07) is 0.0695. The number of amides is 2. The predicted octanol–water partition coefficient (Wildman–Crippen LogP) is 0.153. The van der Waals surface area contributed by atoms with Crippen LogP contribution in [0.1, 0.15) is 30.9 Å². The smallest absolute Gasteiger partial charge is 0.254 e. The largest absolute Gasteiger partial charge is 0.360 e. The summed E-state index contributed by atoms with van der Waals surface area (Å²) >= 11 is 0. The molecular formula is C20H24N4O4. The highest BCUT2D eigenvalue weighted by atomic mass is 16.5. The molecule has 4 aliphatic rings. The number of likely N-dealkylation sites (tertiary alicyclic amines) is 1. The fourth-order valence-corrected chi connectivity index (χ4v) is 5.21. The van der Waals surface area contributed by atoms with Crippen LogP contribution in [0.3, 0.4) is 0 Å². The second kappa shape index (κ2) is 5.76. The van der Waals surface area contributed by atoms with Gasteiger partial charge < -0.3 is 19.5 Å². The quantitative estimate of drug-likeness (QED) is 0.733. The predicted molar refractivity (Wildman–Crippen MR) is 99.3 cm³/mol. The molecule has 2 fully saturated rings. The molecule has 2 amide bonds. The molecule has 148 valence electrons. The molecule has 1 spiro atoms. The number of rotatable bonds is 2. The third-order valence-electron chi connectivity index (χ3n) is 6.54. The third-order valence-corrected chi connectivity index (χ3v) is 6.54. The molecule has 0 aromatic carbocycles. The van der Waals surface area contributed by atoms with E-state index in [4.69, 9.17) is 4.74 Å². The summed E-state index contributed by atoms with van der Waals surface area (Å²) in [6.45, 7) is 6.95. The lowest BCUT2D eigenvalue weighted by Gasteiger charge is -2.33. The van der Waals surface area contributed by atoms with E-state index in [9.17, 15) is 14.4 Å². The Morgan fingerprint density at radius 2 is 2.18 bits per heavy atom. The van der Waals surface area contributed by atoms with Gasteiger partial charge in [-0.05, 0) is 27.2 Å². The van der Waals surface area contributed by atoms with Gasteiger partial charge in [-0.15, -0.1) is 0 Å². The summed E-state index contributed by atoms with van der Waals surface area (Å²) in [5.41, 5.74) is 0.500. The molecule has 1 N–H and O–H groups in total. The van der Waals surface area contributed by atoms with Gasteiger partial charge in [-0.2, -0.15) is 0 Å². The topological polar surface area (TPSA) is 95.6 Å². The van der Waals surface area contributed by atoms with Gasteiger partial charge >= 0.3 is 0 Å². The van der Waals surface area contributed by atoms with E-state index in [0.29, 0.717) is 43.1 Å². The average Bonchev–Trinajstić information content (AvgIpc) is 3.28. The first-order valence-electron chi connectivity index (χ1n) is 9.86. The van der Waals surface area contributed by atoms with E-state index in [1.54, 1.807) is 11.8 Å². The third kappa shape index (κ3) is 2.27. The Morgan fingerprint density at radius 1 is 1.39 bits per heavy atom. The highest BCUT2D eigenvalue weighted by Crippen LogP contribution is 2.52. The second-order valence-corrected chi connectivity index (χ2v) is 8.55. The molecule has 4 unspecified atom stereocenters. The molecule has 4 atom stereocenters. The molecule has 2 saturated heterocycles. The number of aromatic amines is 1. The molecule has 5 heterocycles. The number of nitrogens with zero attached hydrogens (tertiary/aromatic N) is 3. The lowest BCUT2D eigenvalue weighted by molar-refractivity contribution is -0.144. The van der Waals surface area contributed by atoms with Crippen LogP contribution in [0.2, 0.25) is 0 Å². The summed E-state index contributed by atoms with van der Waals surface area (Å²) < 4.78 is 6.18.